The van der Waals surface area contributed by atoms with Crippen LogP contribution < -0.4 is 5.73 Å². The average Bonchev–Trinajstić information content (AvgIpc) is 2.87. The van der Waals surface area contributed by atoms with Gasteiger partial charge in [-0.2, -0.15) is 5.26 Å². The third-order valence-corrected chi connectivity index (χ3v) is 3.26. The molecule has 5 nitrogen and oxygen atoms in total. The van der Waals surface area contributed by atoms with Gasteiger partial charge in [-0.15, -0.1) is 0 Å². The van der Waals surface area contributed by atoms with Gasteiger partial charge < -0.3 is 5.73 Å². The molecule has 0 saturated heterocycles. The summed E-state index contributed by atoms with van der Waals surface area (Å²) in [4.78, 5) is 8.12. The number of hydrogen-bond acceptors (Lipinski definition) is 4. The van der Waals surface area contributed by atoms with E-state index in [4.69, 9.17) is 5.73 Å². The second kappa shape index (κ2) is 5.16. The predicted molar refractivity (Wildman–Crippen MR) is 76.1 cm³/mol. The molecule has 0 aliphatic rings. The molecule has 1 atom stereocenters. The molecule has 0 unspecified atom stereocenters. The van der Waals surface area contributed by atoms with Crippen LogP contribution in [0.4, 0.5) is 8.78 Å². The minimum absolute atomic E-state index is 0.166. The summed E-state index contributed by atoms with van der Waals surface area (Å²) in [7, 11) is 0. The number of fused-ring (bicyclic) bond motifs is 1. The van der Waals surface area contributed by atoms with E-state index in [1.54, 1.807) is 6.92 Å². The van der Waals surface area contributed by atoms with Crippen LogP contribution in [-0.4, -0.2) is 14.5 Å². The lowest BCUT2D eigenvalue weighted by molar-refractivity contribution is 0.618. The summed E-state index contributed by atoms with van der Waals surface area (Å²) in [5.41, 5.74) is 6.74. The Morgan fingerprint density at radius 3 is 2.73 bits per heavy atom. The van der Waals surface area contributed by atoms with Crippen LogP contribution in [0.25, 0.3) is 16.7 Å². The Morgan fingerprint density at radius 1 is 1.32 bits per heavy atom. The standard InChI is InChI=1S/C15H11F2N5/c1-8(19)15-21-13-3-2-12(17)11(5-18)14(13)22(15)10-4-9(16)6-20-7-10/h2-4,6-8H,19H2,1H3/t8-/m0/s1. The zero-order chi connectivity index (χ0) is 15.9. The molecule has 0 spiro atoms. The Balaban J connectivity index is 2.47. The van der Waals surface area contributed by atoms with Crippen molar-refractivity contribution in [3.63, 3.8) is 0 Å². The van der Waals surface area contributed by atoms with Crippen LogP contribution >= 0.6 is 0 Å². The van der Waals surface area contributed by atoms with Gasteiger partial charge in [-0.25, -0.2) is 13.8 Å². The second-order valence-corrected chi connectivity index (χ2v) is 4.86. The van der Waals surface area contributed by atoms with Crippen molar-refractivity contribution in [3.05, 3.63) is 53.6 Å². The molecule has 0 radical (unpaired) electrons. The molecule has 22 heavy (non-hydrogen) atoms. The SMILES string of the molecule is C[C@H](N)c1nc2ccc(F)c(C#N)c2n1-c1cncc(F)c1. The van der Waals surface area contributed by atoms with Crippen molar-refractivity contribution in [2.24, 2.45) is 5.73 Å². The number of imidazole rings is 1. The highest BCUT2D eigenvalue weighted by Crippen LogP contribution is 2.28. The minimum atomic E-state index is -0.670. The van der Waals surface area contributed by atoms with Gasteiger partial charge >= 0.3 is 0 Å². The van der Waals surface area contributed by atoms with Gasteiger partial charge in [0, 0.05) is 6.07 Å². The van der Waals surface area contributed by atoms with E-state index in [9.17, 15) is 14.0 Å². The first kappa shape index (κ1) is 14.1. The van der Waals surface area contributed by atoms with E-state index in [0.29, 0.717) is 17.0 Å². The number of nitrogens with two attached hydrogens (primary N) is 1. The number of hydrogen-bond donors (Lipinski definition) is 1. The van der Waals surface area contributed by atoms with Gasteiger partial charge in [-0.05, 0) is 19.1 Å². The number of nitrogens with zero attached hydrogens (tertiary/aromatic N) is 4. The third-order valence-electron chi connectivity index (χ3n) is 3.26. The molecule has 0 aliphatic heterocycles. The number of aromatic nitrogens is 3. The summed E-state index contributed by atoms with van der Waals surface area (Å²) < 4.78 is 28.9. The smallest absolute Gasteiger partial charge is 0.143 e. The molecule has 110 valence electrons. The van der Waals surface area contributed by atoms with Crippen molar-refractivity contribution >= 4 is 11.0 Å². The van der Waals surface area contributed by atoms with Crippen molar-refractivity contribution in [2.45, 2.75) is 13.0 Å². The second-order valence-electron chi connectivity index (χ2n) is 4.86. The van der Waals surface area contributed by atoms with Crippen LogP contribution in [0.15, 0.2) is 30.6 Å². The summed E-state index contributed by atoms with van der Waals surface area (Å²) in [5.74, 6) is -0.828. The molecule has 0 aliphatic carbocycles. The Bertz CT molecular complexity index is 908. The lowest BCUT2D eigenvalue weighted by Crippen LogP contribution is -2.13. The van der Waals surface area contributed by atoms with E-state index >= 15 is 0 Å². The Labute approximate surface area is 124 Å². The van der Waals surface area contributed by atoms with E-state index in [2.05, 4.69) is 9.97 Å². The van der Waals surface area contributed by atoms with Crippen LogP contribution in [0.2, 0.25) is 0 Å². The summed E-state index contributed by atoms with van der Waals surface area (Å²) in [6.07, 6.45) is 2.46. The van der Waals surface area contributed by atoms with Crippen molar-refractivity contribution in [3.8, 4) is 11.8 Å². The van der Waals surface area contributed by atoms with Gasteiger partial charge in [0.15, 0.2) is 0 Å². The largest absolute Gasteiger partial charge is 0.322 e. The summed E-state index contributed by atoms with van der Waals surface area (Å²) in [5, 5.41) is 9.24. The van der Waals surface area contributed by atoms with E-state index in [-0.39, 0.29) is 11.1 Å². The minimum Gasteiger partial charge on any atom is -0.322 e. The van der Waals surface area contributed by atoms with Crippen molar-refractivity contribution in [1.82, 2.24) is 14.5 Å². The van der Waals surface area contributed by atoms with Crippen molar-refractivity contribution in [2.75, 3.05) is 0 Å². The lowest BCUT2D eigenvalue weighted by Gasteiger charge is -2.11. The Morgan fingerprint density at radius 2 is 2.09 bits per heavy atom. The highest BCUT2D eigenvalue weighted by molar-refractivity contribution is 5.84. The van der Waals surface area contributed by atoms with E-state index < -0.39 is 17.7 Å². The number of rotatable bonds is 2. The van der Waals surface area contributed by atoms with Crippen LogP contribution in [-0.2, 0) is 0 Å². The van der Waals surface area contributed by atoms with Gasteiger partial charge in [0.05, 0.1) is 35.2 Å². The van der Waals surface area contributed by atoms with Crippen LogP contribution in [0.1, 0.15) is 24.4 Å². The molecule has 2 heterocycles. The topological polar surface area (TPSA) is 80.5 Å². The van der Waals surface area contributed by atoms with Crippen LogP contribution in [0.5, 0.6) is 0 Å². The maximum Gasteiger partial charge on any atom is 0.143 e. The predicted octanol–water partition coefficient (Wildman–Crippen LogP) is 2.59. The van der Waals surface area contributed by atoms with Gasteiger partial charge in [-0.1, -0.05) is 0 Å². The quantitative estimate of drug-likeness (QED) is 0.788. The first-order chi connectivity index (χ1) is 10.5. The normalized spacial score (nSPS) is 12.3. The molecule has 3 aromatic rings. The maximum absolute atomic E-state index is 13.9. The van der Waals surface area contributed by atoms with E-state index in [1.807, 2.05) is 6.07 Å². The molecule has 0 saturated carbocycles. The van der Waals surface area contributed by atoms with Gasteiger partial charge in [-0.3, -0.25) is 9.55 Å². The van der Waals surface area contributed by atoms with Crippen molar-refractivity contribution < 1.29 is 8.78 Å². The highest BCUT2D eigenvalue weighted by atomic mass is 19.1. The molecular weight excluding hydrogens is 288 g/mol. The summed E-state index contributed by atoms with van der Waals surface area (Å²) in [6, 6.07) is 5.19. The van der Waals surface area contributed by atoms with Gasteiger partial charge in [0.1, 0.15) is 29.1 Å². The highest BCUT2D eigenvalue weighted by Gasteiger charge is 2.20. The maximum atomic E-state index is 13.9. The molecular formula is C15H11F2N5. The molecule has 0 amide bonds. The van der Waals surface area contributed by atoms with Gasteiger partial charge in [0.25, 0.3) is 0 Å². The Hall–Kier alpha value is -2.85. The number of benzene rings is 1. The van der Waals surface area contributed by atoms with Crippen LogP contribution in [0.3, 0.4) is 0 Å². The fraction of sp³-hybridized carbons (Fsp3) is 0.133. The van der Waals surface area contributed by atoms with Crippen LogP contribution in [0, 0.1) is 23.0 Å². The van der Waals surface area contributed by atoms with E-state index in [1.165, 1.54) is 29.0 Å². The first-order valence-corrected chi connectivity index (χ1v) is 6.50. The zero-order valence-corrected chi connectivity index (χ0v) is 11.6. The number of pyridine rings is 1. The average molecular weight is 299 g/mol. The lowest BCUT2D eigenvalue weighted by atomic mass is 10.2. The number of nitriles is 1. The molecule has 0 bridgehead atoms. The van der Waals surface area contributed by atoms with Gasteiger partial charge in [0.2, 0.25) is 0 Å². The molecule has 0 fully saturated rings. The fourth-order valence-electron chi connectivity index (χ4n) is 2.36. The first-order valence-electron chi connectivity index (χ1n) is 6.50. The zero-order valence-electron chi connectivity index (χ0n) is 11.6. The third kappa shape index (κ3) is 2.10. The summed E-state index contributed by atoms with van der Waals surface area (Å²) >= 11 is 0. The fourth-order valence-corrected chi connectivity index (χ4v) is 2.36. The van der Waals surface area contributed by atoms with Crippen molar-refractivity contribution in [1.29, 1.82) is 5.26 Å². The molecule has 1 aromatic carbocycles. The molecule has 3 rings (SSSR count). The number of halogens is 2. The summed E-state index contributed by atoms with van der Waals surface area (Å²) in [6.45, 7) is 1.70. The molecule has 2 aromatic heterocycles. The monoisotopic (exact) mass is 299 g/mol. The Kier molecular flexibility index (Phi) is 3.31. The molecule has 2 N–H and O–H groups in total. The molecule has 7 heteroatoms. The van der Waals surface area contributed by atoms with E-state index in [0.717, 1.165) is 6.20 Å².